The molecule has 0 radical (unpaired) electrons. The van der Waals surface area contributed by atoms with Crippen LogP contribution in [0.3, 0.4) is 0 Å². The number of benzene rings is 1. The van der Waals surface area contributed by atoms with Gasteiger partial charge in [-0.15, -0.1) is 0 Å². The highest BCUT2D eigenvalue weighted by atomic mass is 16.5. The van der Waals surface area contributed by atoms with Crippen LogP contribution in [0.1, 0.15) is 23.7 Å². The molecule has 2 rings (SSSR count). The summed E-state index contributed by atoms with van der Waals surface area (Å²) in [5.74, 6) is -1.33. The fourth-order valence-electron chi connectivity index (χ4n) is 2.34. The van der Waals surface area contributed by atoms with Gasteiger partial charge in [-0.05, 0) is 12.1 Å². The lowest BCUT2D eigenvalue weighted by Crippen LogP contribution is -2.45. The molecule has 0 aliphatic heterocycles. The molecule has 6 heteroatoms. The Morgan fingerprint density at radius 2 is 2.09 bits per heavy atom. The van der Waals surface area contributed by atoms with Crippen LogP contribution >= 0.6 is 0 Å². The minimum atomic E-state index is -0.876. The molecule has 1 aromatic carbocycles. The van der Waals surface area contributed by atoms with Crippen LogP contribution in [-0.4, -0.2) is 30.0 Å². The van der Waals surface area contributed by atoms with Gasteiger partial charge in [0.2, 0.25) is 0 Å². The van der Waals surface area contributed by atoms with Gasteiger partial charge in [-0.3, -0.25) is 9.78 Å². The number of pyridine rings is 1. The van der Waals surface area contributed by atoms with Gasteiger partial charge in [-0.25, -0.2) is 4.79 Å². The van der Waals surface area contributed by atoms with Crippen LogP contribution in [0, 0.1) is 17.2 Å². The summed E-state index contributed by atoms with van der Waals surface area (Å²) in [4.78, 5) is 28.7. The number of nitriles is 1. The van der Waals surface area contributed by atoms with Crippen molar-refractivity contribution in [2.24, 2.45) is 5.92 Å². The molecular weight excluding hydrogens is 294 g/mol. The number of rotatable bonds is 5. The Balaban J connectivity index is 2.31. The standard InChI is InChI=1S/C17H17N3O3/c1-11(7-9-18)15(17(22)23-2)20-16(21)13-8-10-19-14-6-4-3-5-12(13)14/h3-6,8,10-11,15H,7H2,1-2H3,(H,20,21)/t11-,15+/m0/s1. The lowest BCUT2D eigenvalue weighted by atomic mass is 9.98. The Hall–Kier alpha value is -2.94. The summed E-state index contributed by atoms with van der Waals surface area (Å²) in [6.07, 6.45) is 1.68. The third-order valence-corrected chi connectivity index (χ3v) is 3.62. The third-order valence-electron chi connectivity index (χ3n) is 3.62. The number of methoxy groups -OCH3 is 1. The smallest absolute Gasteiger partial charge is 0.328 e. The number of nitrogens with one attached hydrogen (secondary N) is 1. The van der Waals surface area contributed by atoms with Gasteiger partial charge in [0.05, 0.1) is 24.3 Å². The van der Waals surface area contributed by atoms with Gasteiger partial charge >= 0.3 is 5.97 Å². The van der Waals surface area contributed by atoms with E-state index >= 15 is 0 Å². The highest BCUT2D eigenvalue weighted by molar-refractivity contribution is 6.07. The van der Waals surface area contributed by atoms with Crippen LogP contribution in [0.15, 0.2) is 36.5 Å². The van der Waals surface area contributed by atoms with Crippen molar-refractivity contribution in [1.82, 2.24) is 10.3 Å². The molecule has 0 aliphatic carbocycles. The van der Waals surface area contributed by atoms with E-state index in [0.29, 0.717) is 16.5 Å². The molecular formula is C17H17N3O3. The Morgan fingerprint density at radius 1 is 1.35 bits per heavy atom. The molecule has 118 valence electrons. The Bertz CT molecular complexity index is 762. The van der Waals surface area contributed by atoms with Gasteiger partial charge < -0.3 is 10.1 Å². The maximum absolute atomic E-state index is 12.6. The van der Waals surface area contributed by atoms with Gasteiger partial charge in [0.1, 0.15) is 6.04 Å². The van der Waals surface area contributed by atoms with Crippen molar-refractivity contribution in [2.75, 3.05) is 7.11 Å². The summed E-state index contributed by atoms with van der Waals surface area (Å²) in [5.41, 5.74) is 1.12. The number of esters is 1. The second-order valence-electron chi connectivity index (χ2n) is 5.19. The molecule has 0 aliphatic rings. The first-order valence-electron chi connectivity index (χ1n) is 7.18. The van der Waals surface area contributed by atoms with Crippen molar-refractivity contribution in [1.29, 1.82) is 5.26 Å². The maximum Gasteiger partial charge on any atom is 0.328 e. The predicted octanol–water partition coefficient (Wildman–Crippen LogP) is 2.06. The Labute approximate surface area is 134 Å². The van der Waals surface area contributed by atoms with E-state index < -0.39 is 17.9 Å². The van der Waals surface area contributed by atoms with Crippen molar-refractivity contribution in [3.63, 3.8) is 0 Å². The van der Waals surface area contributed by atoms with E-state index in [1.165, 1.54) is 7.11 Å². The zero-order chi connectivity index (χ0) is 16.8. The SMILES string of the molecule is COC(=O)[C@H](NC(=O)c1ccnc2ccccc12)[C@@H](C)CC#N. The first-order valence-corrected chi connectivity index (χ1v) is 7.18. The molecule has 0 fully saturated rings. The number of ether oxygens (including phenoxy) is 1. The van der Waals surface area contributed by atoms with Crippen LogP contribution in [0.2, 0.25) is 0 Å². The van der Waals surface area contributed by atoms with Crippen LogP contribution in [0.25, 0.3) is 10.9 Å². The van der Waals surface area contributed by atoms with Crippen LogP contribution in [0.4, 0.5) is 0 Å². The molecule has 0 saturated heterocycles. The van der Waals surface area contributed by atoms with Gasteiger partial charge in [0, 0.05) is 23.9 Å². The first-order chi connectivity index (χ1) is 11.1. The molecule has 23 heavy (non-hydrogen) atoms. The maximum atomic E-state index is 12.6. The van der Waals surface area contributed by atoms with Crippen LogP contribution < -0.4 is 5.32 Å². The Kier molecular flexibility index (Phi) is 5.26. The van der Waals surface area contributed by atoms with E-state index in [4.69, 9.17) is 10.00 Å². The van der Waals surface area contributed by atoms with Crippen molar-refractivity contribution >= 4 is 22.8 Å². The number of nitrogens with zero attached hydrogens (tertiary/aromatic N) is 2. The fourth-order valence-corrected chi connectivity index (χ4v) is 2.34. The molecule has 0 spiro atoms. The predicted molar refractivity (Wildman–Crippen MR) is 84.4 cm³/mol. The second kappa shape index (κ2) is 7.36. The van der Waals surface area contributed by atoms with Crippen molar-refractivity contribution in [2.45, 2.75) is 19.4 Å². The summed E-state index contributed by atoms with van der Waals surface area (Å²) in [6.45, 7) is 1.72. The van der Waals surface area contributed by atoms with Crippen LogP contribution in [0.5, 0.6) is 0 Å². The highest BCUT2D eigenvalue weighted by Gasteiger charge is 2.28. The first kappa shape index (κ1) is 16.4. The van der Waals surface area contributed by atoms with Crippen molar-refractivity contribution in [3.05, 3.63) is 42.1 Å². The van der Waals surface area contributed by atoms with E-state index in [1.54, 1.807) is 25.3 Å². The fraction of sp³-hybridized carbons (Fsp3) is 0.294. The van der Waals surface area contributed by atoms with Crippen LogP contribution in [-0.2, 0) is 9.53 Å². The molecule has 2 aromatic rings. The number of aromatic nitrogens is 1. The van der Waals surface area contributed by atoms with E-state index in [-0.39, 0.29) is 12.3 Å². The lowest BCUT2D eigenvalue weighted by molar-refractivity contribution is -0.144. The lowest BCUT2D eigenvalue weighted by Gasteiger charge is -2.21. The molecule has 0 unspecified atom stereocenters. The van der Waals surface area contributed by atoms with Crippen molar-refractivity contribution < 1.29 is 14.3 Å². The summed E-state index contributed by atoms with van der Waals surface area (Å²) in [6, 6.07) is 9.98. The topological polar surface area (TPSA) is 92.1 Å². The average Bonchev–Trinajstić information content (AvgIpc) is 2.58. The summed E-state index contributed by atoms with van der Waals surface area (Å²) >= 11 is 0. The Morgan fingerprint density at radius 3 is 2.78 bits per heavy atom. The second-order valence-corrected chi connectivity index (χ2v) is 5.19. The molecule has 1 amide bonds. The summed E-state index contributed by atoms with van der Waals surface area (Å²) in [7, 11) is 1.25. The minimum absolute atomic E-state index is 0.136. The molecule has 0 saturated carbocycles. The monoisotopic (exact) mass is 311 g/mol. The van der Waals surface area contributed by atoms with Gasteiger partial charge in [-0.2, -0.15) is 5.26 Å². The normalized spacial score (nSPS) is 12.9. The molecule has 1 N–H and O–H groups in total. The number of para-hydroxylation sites is 1. The van der Waals surface area contributed by atoms with Gasteiger partial charge in [0.15, 0.2) is 0 Å². The molecule has 0 bridgehead atoms. The number of fused-ring (bicyclic) bond motifs is 1. The van der Waals surface area contributed by atoms with E-state index in [2.05, 4.69) is 10.3 Å². The largest absolute Gasteiger partial charge is 0.467 e. The zero-order valence-electron chi connectivity index (χ0n) is 12.9. The minimum Gasteiger partial charge on any atom is -0.467 e. The third kappa shape index (κ3) is 3.64. The zero-order valence-corrected chi connectivity index (χ0v) is 12.9. The summed E-state index contributed by atoms with van der Waals surface area (Å²) < 4.78 is 4.73. The molecule has 1 heterocycles. The average molecular weight is 311 g/mol. The van der Waals surface area contributed by atoms with E-state index in [0.717, 1.165) is 0 Å². The number of amides is 1. The highest BCUT2D eigenvalue weighted by Crippen LogP contribution is 2.17. The van der Waals surface area contributed by atoms with Crippen molar-refractivity contribution in [3.8, 4) is 6.07 Å². The number of carbonyl (C=O) groups excluding carboxylic acids is 2. The molecule has 6 nitrogen and oxygen atoms in total. The number of hydrogen-bond acceptors (Lipinski definition) is 5. The quantitative estimate of drug-likeness (QED) is 0.853. The van der Waals surface area contributed by atoms with E-state index in [1.807, 2.05) is 24.3 Å². The van der Waals surface area contributed by atoms with E-state index in [9.17, 15) is 9.59 Å². The molecule has 1 aromatic heterocycles. The van der Waals surface area contributed by atoms with Gasteiger partial charge in [0.25, 0.3) is 5.91 Å². The van der Waals surface area contributed by atoms with Gasteiger partial charge in [-0.1, -0.05) is 25.1 Å². The molecule has 2 atom stereocenters. The number of hydrogen-bond donors (Lipinski definition) is 1. The summed E-state index contributed by atoms with van der Waals surface area (Å²) in [5, 5.41) is 12.2. The number of carbonyl (C=O) groups is 2.